The van der Waals surface area contributed by atoms with Gasteiger partial charge in [0.1, 0.15) is 6.04 Å². The number of fused-ring (bicyclic) bond motifs is 1. The highest BCUT2D eigenvalue weighted by Gasteiger charge is 2.31. The van der Waals surface area contributed by atoms with E-state index < -0.39 is 29.6 Å². The molecule has 0 aliphatic carbocycles. The Morgan fingerprint density at radius 3 is 2.85 bits per heavy atom. The summed E-state index contributed by atoms with van der Waals surface area (Å²) < 4.78 is 38.8. The molecule has 1 saturated heterocycles. The van der Waals surface area contributed by atoms with E-state index in [0.29, 0.717) is 11.6 Å². The third-order valence-electron chi connectivity index (χ3n) is 4.07. The first-order valence-corrected chi connectivity index (χ1v) is 8.97. The number of rotatable bonds is 3. The van der Waals surface area contributed by atoms with Crippen molar-refractivity contribution in [1.82, 2.24) is 15.2 Å². The lowest BCUT2D eigenvalue weighted by atomic mass is 10.1. The van der Waals surface area contributed by atoms with E-state index >= 15 is 0 Å². The monoisotopic (exact) mass is 394 g/mol. The van der Waals surface area contributed by atoms with Crippen molar-refractivity contribution in [2.24, 2.45) is 0 Å². The van der Waals surface area contributed by atoms with Gasteiger partial charge < -0.3 is 10.2 Å². The first-order valence-electron chi connectivity index (χ1n) is 7.82. The van der Waals surface area contributed by atoms with E-state index in [0.717, 1.165) is 12.1 Å². The molecule has 2 heterocycles. The van der Waals surface area contributed by atoms with E-state index in [9.17, 15) is 22.8 Å². The third kappa shape index (κ3) is 3.98. The number of thioether (sulfide) groups is 1. The van der Waals surface area contributed by atoms with Crippen molar-refractivity contribution in [3.8, 4) is 6.07 Å². The van der Waals surface area contributed by atoms with Gasteiger partial charge in [0.25, 0.3) is 5.91 Å². The lowest BCUT2D eigenvalue weighted by Gasteiger charge is -2.18. The van der Waals surface area contributed by atoms with Gasteiger partial charge in [0.15, 0.2) is 0 Å². The summed E-state index contributed by atoms with van der Waals surface area (Å²) in [6, 6.07) is 5.72. The molecule has 0 unspecified atom stereocenters. The summed E-state index contributed by atoms with van der Waals surface area (Å²) >= 11 is 1.43. The number of nitrogens with zero attached hydrogens (tertiary/aromatic N) is 3. The third-order valence-corrected chi connectivity index (χ3v) is 5.08. The number of benzene rings is 1. The number of alkyl halides is 3. The second-order valence-electron chi connectivity index (χ2n) is 5.78. The smallest absolute Gasteiger partial charge is 0.343 e. The minimum absolute atomic E-state index is 0.00784. The molecule has 2 aromatic rings. The van der Waals surface area contributed by atoms with Crippen LogP contribution in [0.2, 0.25) is 0 Å². The average molecular weight is 394 g/mol. The predicted molar refractivity (Wildman–Crippen MR) is 92.7 cm³/mol. The van der Waals surface area contributed by atoms with Crippen LogP contribution in [-0.4, -0.2) is 45.9 Å². The quantitative estimate of drug-likeness (QED) is 0.864. The summed E-state index contributed by atoms with van der Waals surface area (Å²) in [6.07, 6.45) is -3.23. The molecule has 0 bridgehead atoms. The molecule has 1 atom stereocenters. The van der Waals surface area contributed by atoms with Crippen molar-refractivity contribution in [3.63, 3.8) is 0 Å². The molecule has 140 valence electrons. The standard InChI is InChI=1S/C17H13F3N4O2S/c18-17(19,20)10-1-2-14-13(5-10)12(3-4-22-14)16(26)23-7-15(25)24-9-27-8-11(24)6-21/h1-5,11H,7-9H2,(H,23,26)/t11-/m1/s1. The van der Waals surface area contributed by atoms with Crippen molar-refractivity contribution in [2.45, 2.75) is 12.2 Å². The van der Waals surface area contributed by atoms with Crippen LogP contribution in [0.25, 0.3) is 10.9 Å². The molecule has 1 aromatic carbocycles. The minimum Gasteiger partial charge on any atom is -0.343 e. The number of halogens is 3. The molecule has 1 N–H and O–H groups in total. The number of aromatic nitrogens is 1. The average Bonchev–Trinajstić information content (AvgIpc) is 3.13. The largest absolute Gasteiger partial charge is 0.416 e. The maximum atomic E-state index is 12.9. The van der Waals surface area contributed by atoms with Crippen molar-refractivity contribution >= 4 is 34.5 Å². The number of nitrogens with one attached hydrogen (secondary N) is 1. The van der Waals surface area contributed by atoms with Crippen molar-refractivity contribution in [1.29, 1.82) is 5.26 Å². The summed E-state index contributed by atoms with van der Waals surface area (Å²) in [4.78, 5) is 29.9. The maximum absolute atomic E-state index is 12.9. The Hall–Kier alpha value is -2.80. The number of hydrogen-bond donors (Lipinski definition) is 1. The van der Waals surface area contributed by atoms with E-state index in [1.165, 1.54) is 35.0 Å². The molecule has 1 aliphatic rings. The first-order chi connectivity index (χ1) is 12.8. The highest BCUT2D eigenvalue weighted by Crippen LogP contribution is 2.31. The summed E-state index contributed by atoms with van der Waals surface area (Å²) in [6.45, 7) is -0.347. The fourth-order valence-electron chi connectivity index (χ4n) is 2.67. The van der Waals surface area contributed by atoms with Crippen LogP contribution in [0.15, 0.2) is 30.5 Å². The van der Waals surface area contributed by atoms with Crippen LogP contribution in [0.1, 0.15) is 15.9 Å². The number of amides is 2. The van der Waals surface area contributed by atoms with Gasteiger partial charge >= 0.3 is 6.18 Å². The maximum Gasteiger partial charge on any atom is 0.416 e. The van der Waals surface area contributed by atoms with Crippen LogP contribution in [0.5, 0.6) is 0 Å². The van der Waals surface area contributed by atoms with Crippen LogP contribution in [0.3, 0.4) is 0 Å². The lowest BCUT2D eigenvalue weighted by molar-refractivity contribution is -0.137. The first kappa shape index (κ1) is 19.0. The molecule has 1 aromatic heterocycles. The minimum atomic E-state index is -4.55. The molecular weight excluding hydrogens is 381 g/mol. The van der Waals surface area contributed by atoms with Crippen molar-refractivity contribution < 1.29 is 22.8 Å². The van der Waals surface area contributed by atoms with Gasteiger partial charge in [-0.2, -0.15) is 18.4 Å². The van der Waals surface area contributed by atoms with E-state index in [-0.39, 0.29) is 23.0 Å². The van der Waals surface area contributed by atoms with Gasteiger partial charge in [-0.05, 0) is 24.3 Å². The second kappa shape index (κ2) is 7.44. The van der Waals surface area contributed by atoms with Gasteiger partial charge in [-0.25, -0.2) is 0 Å². The van der Waals surface area contributed by atoms with Crippen LogP contribution >= 0.6 is 11.8 Å². The summed E-state index contributed by atoms with van der Waals surface area (Å²) in [5, 5.41) is 11.5. The Morgan fingerprint density at radius 1 is 1.37 bits per heavy atom. The Kier molecular flexibility index (Phi) is 5.23. The Balaban J connectivity index is 1.79. The fourth-order valence-corrected chi connectivity index (χ4v) is 3.77. The van der Waals surface area contributed by atoms with E-state index in [1.807, 2.05) is 6.07 Å². The molecule has 1 aliphatic heterocycles. The van der Waals surface area contributed by atoms with Gasteiger partial charge in [-0.3, -0.25) is 14.6 Å². The predicted octanol–water partition coefficient (Wildman–Crippen LogP) is 2.41. The van der Waals surface area contributed by atoms with Gasteiger partial charge in [-0.1, -0.05) is 0 Å². The highest BCUT2D eigenvalue weighted by atomic mass is 32.2. The SMILES string of the molecule is N#C[C@@H]1CSCN1C(=O)CNC(=O)c1ccnc2ccc(C(F)(F)F)cc12. The summed E-state index contributed by atoms with van der Waals surface area (Å²) in [5.41, 5.74) is -0.659. The molecule has 2 amide bonds. The van der Waals surface area contributed by atoms with Gasteiger partial charge in [0.05, 0.1) is 35.1 Å². The van der Waals surface area contributed by atoms with Crippen molar-refractivity contribution in [3.05, 3.63) is 41.6 Å². The number of carbonyl (C=O) groups is 2. The summed E-state index contributed by atoms with van der Waals surface area (Å²) in [7, 11) is 0. The molecular formula is C17H13F3N4O2S. The van der Waals surface area contributed by atoms with Gasteiger partial charge in [0, 0.05) is 17.3 Å². The zero-order valence-corrected chi connectivity index (χ0v) is 14.6. The number of pyridine rings is 1. The normalized spacial score (nSPS) is 17.0. The Bertz CT molecular complexity index is 942. The zero-order chi connectivity index (χ0) is 19.6. The molecule has 0 spiro atoms. The molecule has 0 saturated carbocycles. The molecule has 3 rings (SSSR count). The van der Waals surface area contributed by atoms with Crippen molar-refractivity contribution in [2.75, 3.05) is 18.2 Å². The molecule has 0 radical (unpaired) electrons. The molecule has 27 heavy (non-hydrogen) atoms. The zero-order valence-electron chi connectivity index (χ0n) is 13.8. The van der Waals surface area contributed by atoms with Crippen LogP contribution in [-0.2, 0) is 11.0 Å². The fraction of sp³-hybridized carbons (Fsp3) is 0.294. The number of nitriles is 1. The highest BCUT2D eigenvalue weighted by molar-refractivity contribution is 7.99. The number of hydrogen-bond acceptors (Lipinski definition) is 5. The second-order valence-corrected chi connectivity index (χ2v) is 6.78. The van der Waals surface area contributed by atoms with Crippen LogP contribution in [0.4, 0.5) is 13.2 Å². The van der Waals surface area contributed by atoms with E-state index in [1.54, 1.807) is 0 Å². The molecule has 1 fully saturated rings. The van der Waals surface area contributed by atoms with Crippen LogP contribution < -0.4 is 5.32 Å². The molecule has 10 heteroatoms. The molecule has 6 nitrogen and oxygen atoms in total. The Labute approximate surface area is 156 Å². The van der Waals surface area contributed by atoms with E-state index in [2.05, 4.69) is 10.3 Å². The topological polar surface area (TPSA) is 86.1 Å². The lowest BCUT2D eigenvalue weighted by Crippen LogP contribution is -2.42. The number of carbonyl (C=O) groups excluding carboxylic acids is 2. The van der Waals surface area contributed by atoms with Gasteiger partial charge in [0.2, 0.25) is 5.91 Å². The Morgan fingerprint density at radius 2 is 2.15 bits per heavy atom. The van der Waals surface area contributed by atoms with Gasteiger partial charge in [-0.15, -0.1) is 11.8 Å². The van der Waals surface area contributed by atoms with E-state index in [4.69, 9.17) is 5.26 Å². The summed E-state index contributed by atoms with van der Waals surface area (Å²) in [5.74, 6) is -0.240. The van der Waals surface area contributed by atoms with Crippen LogP contribution in [0, 0.1) is 11.3 Å².